The van der Waals surface area contributed by atoms with Crippen molar-refractivity contribution in [2.45, 2.75) is 25.3 Å². The van der Waals surface area contributed by atoms with E-state index in [4.69, 9.17) is 9.84 Å². The van der Waals surface area contributed by atoms with Crippen molar-refractivity contribution in [3.05, 3.63) is 90.5 Å². The van der Waals surface area contributed by atoms with Crippen molar-refractivity contribution < 1.29 is 19.4 Å². The summed E-state index contributed by atoms with van der Waals surface area (Å²) in [5.41, 5.74) is 1.65. The summed E-state index contributed by atoms with van der Waals surface area (Å²) in [6, 6.07) is 25.5. The van der Waals surface area contributed by atoms with Gasteiger partial charge in [-0.2, -0.15) is 0 Å². The number of hydrogen-bond donors (Lipinski definition) is 3. The van der Waals surface area contributed by atoms with Crippen LogP contribution in [-0.4, -0.2) is 23.1 Å². The first-order chi connectivity index (χ1) is 14.6. The van der Waals surface area contributed by atoms with Crippen molar-refractivity contribution in [1.82, 2.24) is 5.32 Å². The molecule has 0 saturated heterocycles. The predicted molar refractivity (Wildman–Crippen MR) is 116 cm³/mol. The lowest BCUT2D eigenvalue weighted by Crippen LogP contribution is -2.39. The minimum absolute atomic E-state index is 0.0106. The van der Waals surface area contributed by atoms with Gasteiger partial charge in [0.25, 0.3) is 0 Å². The lowest BCUT2D eigenvalue weighted by Gasteiger charge is -2.19. The SMILES string of the molecule is O=C(O)CC[C@H](Cc1ccccc1)NC(=O)Nc1ccc(Oc2ccccc2)cc1. The zero-order valence-corrected chi connectivity index (χ0v) is 16.5. The maximum absolute atomic E-state index is 12.4. The van der Waals surface area contributed by atoms with Crippen LogP contribution in [0.3, 0.4) is 0 Å². The summed E-state index contributed by atoms with van der Waals surface area (Å²) < 4.78 is 5.74. The van der Waals surface area contributed by atoms with E-state index in [0.717, 1.165) is 11.3 Å². The highest BCUT2D eigenvalue weighted by molar-refractivity contribution is 5.89. The molecule has 0 heterocycles. The Morgan fingerprint density at radius 1 is 0.833 bits per heavy atom. The number of anilines is 1. The first kappa shape index (κ1) is 20.9. The fraction of sp³-hybridized carbons (Fsp3) is 0.167. The number of nitrogens with one attached hydrogen (secondary N) is 2. The molecule has 0 fully saturated rings. The first-order valence-electron chi connectivity index (χ1n) is 9.75. The van der Waals surface area contributed by atoms with E-state index in [2.05, 4.69) is 10.6 Å². The van der Waals surface area contributed by atoms with Crippen LogP contribution >= 0.6 is 0 Å². The summed E-state index contributed by atoms with van der Waals surface area (Å²) in [5, 5.41) is 14.7. The van der Waals surface area contributed by atoms with E-state index in [0.29, 0.717) is 24.3 Å². The number of para-hydroxylation sites is 1. The maximum atomic E-state index is 12.4. The summed E-state index contributed by atoms with van der Waals surface area (Å²) >= 11 is 0. The number of hydrogen-bond acceptors (Lipinski definition) is 3. The van der Waals surface area contributed by atoms with Crippen molar-refractivity contribution in [3.8, 4) is 11.5 Å². The Balaban J connectivity index is 1.56. The lowest BCUT2D eigenvalue weighted by atomic mass is 10.0. The topological polar surface area (TPSA) is 87.7 Å². The van der Waals surface area contributed by atoms with Crippen LogP contribution in [0, 0.1) is 0 Å². The van der Waals surface area contributed by atoms with Gasteiger partial charge in [-0.25, -0.2) is 4.79 Å². The summed E-state index contributed by atoms with van der Waals surface area (Å²) in [4.78, 5) is 23.4. The normalized spacial score (nSPS) is 11.3. The van der Waals surface area contributed by atoms with Crippen LogP contribution in [-0.2, 0) is 11.2 Å². The van der Waals surface area contributed by atoms with Crippen LogP contribution in [0.5, 0.6) is 11.5 Å². The first-order valence-corrected chi connectivity index (χ1v) is 9.75. The molecule has 6 heteroatoms. The Morgan fingerprint density at radius 3 is 2.07 bits per heavy atom. The molecular formula is C24H24N2O4. The third-order valence-electron chi connectivity index (χ3n) is 4.46. The molecule has 0 unspecified atom stereocenters. The van der Waals surface area contributed by atoms with Gasteiger partial charge in [-0.3, -0.25) is 4.79 Å². The summed E-state index contributed by atoms with van der Waals surface area (Å²) in [7, 11) is 0. The number of aliphatic carboxylic acids is 1. The van der Waals surface area contributed by atoms with Crippen LogP contribution in [0.25, 0.3) is 0 Å². The Bertz CT molecular complexity index is 944. The third kappa shape index (κ3) is 6.98. The number of ether oxygens (including phenoxy) is 1. The number of amides is 2. The van der Waals surface area contributed by atoms with Crippen LogP contribution < -0.4 is 15.4 Å². The molecule has 3 N–H and O–H groups in total. The van der Waals surface area contributed by atoms with Gasteiger partial charge in [0.2, 0.25) is 0 Å². The minimum Gasteiger partial charge on any atom is -0.481 e. The van der Waals surface area contributed by atoms with Gasteiger partial charge in [-0.15, -0.1) is 0 Å². The van der Waals surface area contributed by atoms with Gasteiger partial charge in [0, 0.05) is 18.2 Å². The average Bonchev–Trinajstić information content (AvgIpc) is 2.75. The number of rotatable bonds is 9. The molecule has 0 aliphatic heterocycles. The van der Waals surface area contributed by atoms with Crippen LogP contribution in [0.2, 0.25) is 0 Å². The van der Waals surface area contributed by atoms with Gasteiger partial charge in [0.15, 0.2) is 0 Å². The fourth-order valence-corrected chi connectivity index (χ4v) is 3.01. The number of benzene rings is 3. The molecule has 3 aromatic rings. The average molecular weight is 404 g/mol. The van der Waals surface area contributed by atoms with E-state index >= 15 is 0 Å². The quantitative estimate of drug-likeness (QED) is 0.464. The zero-order chi connectivity index (χ0) is 21.2. The molecule has 0 spiro atoms. The summed E-state index contributed by atoms with van der Waals surface area (Å²) in [5.74, 6) is 0.512. The predicted octanol–water partition coefficient (Wildman–Crippen LogP) is 5.08. The number of urea groups is 1. The number of carboxylic acids is 1. The zero-order valence-electron chi connectivity index (χ0n) is 16.5. The molecule has 0 aromatic heterocycles. The van der Waals surface area contributed by atoms with E-state index in [1.807, 2.05) is 60.7 Å². The molecule has 2 amide bonds. The standard InChI is InChI=1S/C24H24N2O4/c27-23(28)16-13-20(17-18-7-3-1-4-8-18)26-24(29)25-19-11-14-22(15-12-19)30-21-9-5-2-6-10-21/h1-12,14-15,20H,13,16-17H2,(H,27,28)(H2,25,26,29)/t20-/m1/s1. The molecule has 0 radical (unpaired) electrons. The molecule has 1 atom stereocenters. The molecule has 154 valence electrons. The summed E-state index contributed by atoms with van der Waals surface area (Å²) in [6.45, 7) is 0. The van der Waals surface area contributed by atoms with E-state index in [9.17, 15) is 9.59 Å². The van der Waals surface area contributed by atoms with Gasteiger partial charge in [-0.05, 0) is 54.8 Å². The minimum atomic E-state index is -0.885. The van der Waals surface area contributed by atoms with Crippen molar-refractivity contribution in [2.24, 2.45) is 0 Å². The maximum Gasteiger partial charge on any atom is 0.319 e. The molecule has 0 saturated carbocycles. The number of carbonyl (C=O) groups is 2. The van der Waals surface area contributed by atoms with E-state index in [1.54, 1.807) is 24.3 Å². The third-order valence-corrected chi connectivity index (χ3v) is 4.46. The second-order valence-electron chi connectivity index (χ2n) is 6.86. The fourth-order valence-electron chi connectivity index (χ4n) is 3.01. The van der Waals surface area contributed by atoms with Crippen molar-refractivity contribution in [2.75, 3.05) is 5.32 Å². The van der Waals surface area contributed by atoms with Crippen LogP contribution in [0.15, 0.2) is 84.9 Å². The Labute approximate surface area is 175 Å². The molecule has 3 aromatic carbocycles. The van der Waals surface area contributed by atoms with Crippen molar-refractivity contribution >= 4 is 17.7 Å². The highest BCUT2D eigenvalue weighted by Gasteiger charge is 2.15. The Kier molecular flexibility index (Phi) is 7.44. The van der Waals surface area contributed by atoms with Gasteiger partial charge < -0.3 is 20.5 Å². The smallest absolute Gasteiger partial charge is 0.319 e. The van der Waals surface area contributed by atoms with Gasteiger partial charge in [0.05, 0.1) is 0 Å². The Morgan fingerprint density at radius 2 is 1.43 bits per heavy atom. The van der Waals surface area contributed by atoms with E-state index in [-0.39, 0.29) is 18.5 Å². The van der Waals surface area contributed by atoms with Gasteiger partial charge in [0.1, 0.15) is 11.5 Å². The lowest BCUT2D eigenvalue weighted by molar-refractivity contribution is -0.137. The monoisotopic (exact) mass is 404 g/mol. The van der Waals surface area contributed by atoms with E-state index < -0.39 is 5.97 Å². The number of carboxylic acid groups (broad SMARTS) is 1. The molecule has 3 rings (SSSR count). The van der Waals surface area contributed by atoms with Gasteiger partial charge >= 0.3 is 12.0 Å². The van der Waals surface area contributed by atoms with E-state index in [1.165, 1.54) is 0 Å². The second kappa shape index (κ2) is 10.7. The van der Waals surface area contributed by atoms with Crippen molar-refractivity contribution in [3.63, 3.8) is 0 Å². The molecule has 0 aliphatic carbocycles. The van der Waals surface area contributed by atoms with Crippen molar-refractivity contribution in [1.29, 1.82) is 0 Å². The van der Waals surface area contributed by atoms with Crippen LogP contribution in [0.1, 0.15) is 18.4 Å². The highest BCUT2D eigenvalue weighted by atomic mass is 16.5. The largest absolute Gasteiger partial charge is 0.481 e. The molecule has 0 aliphatic rings. The summed E-state index contributed by atoms with van der Waals surface area (Å²) in [6.07, 6.45) is 0.899. The molecule has 0 bridgehead atoms. The molecular weight excluding hydrogens is 380 g/mol. The van der Waals surface area contributed by atoms with Gasteiger partial charge in [-0.1, -0.05) is 48.5 Å². The number of carbonyl (C=O) groups excluding carboxylic acids is 1. The second-order valence-corrected chi connectivity index (χ2v) is 6.86. The molecule has 6 nitrogen and oxygen atoms in total. The van der Waals surface area contributed by atoms with Crippen LogP contribution in [0.4, 0.5) is 10.5 Å². The molecule has 30 heavy (non-hydrogen) atoms. The Hall–Kier alpha value is -3.80. The highest BCUT2D eigenvalue weighted by Crippen LogP contribution is 2.22.